The van der Waals surface area contributed by atoms with Gasteiger partial charge in [0.2, 0.25) is 0 Å². The van der Waals surface area contributed by atoms with Crippen LogP contribution in [0.15, 0.2) is 380 Å². The zero-order valence-electron chi connectivity index (χ0n) is 68.5. The molecule has 15 atom stereocenters. The first-order valence-electron chi connectivity index (χ1n) is 44.9. The highest BCUT2D eigenvalue weighted by Gasteiger charge is 2.59. The van der Waals surface area contributed by atoms with E-state index in [1.807, 2.05) is 24.3 Å². The second-order valence-electron chi connectivity index (χ2n) is 36.3. The van der Waals surface area contributed by atoms with E-state index in [2.05, 4.69) is 314 Å². The number of benzene rings is 6. The Morgan fingerprint density at radius 2 is 1.35 bits per heavy atom. The molecule has 0 N–H and O–H groups in total. The van der Waals surface area contributed by atoms with Gasteiger partial charge < -0.3 is 9.80 Å². The number of fused-ring (bicyclic) bond motifs is 8. The maximum atomic E-state index is 15.7. The summed E-state index contributed by atoms with van der Waals surface area (Å²) >= 11 is 2.22. The molecular formula is C114H108F2N2S. The minimum Gasteiger partial charge on any atom is -0.362 e. The number of hydrogen-bond donors (Lipinski definition) is 0. The van der Waals surface area contributed by atoms with Gasteiger partial charge in [-0.3, -0.25) is 0 Å². The van der Waals surface area contributed by atoms with E-state index in [0.29, 0.717) is 40.6 Å². The van der Waals surface area contributed by atoms with Gasteiger partial charge in [-0.1, -0.05) is 285 Å². The second-order valence-corrected chi connectivity index (χ2v) is 37.7. The molecule has 0 spiro atoms. The Morgan fingerprint density at radius 3 is 2.13 bits per heavy atom. The maximum Gasteiger partial charge on any atom is 0.123 e. The van der Waals surface area contributed by atoms with Gasteiger partial charge in [0.25, 0.3) is 0 Å². The van der Waals surface area contributed by atoms with E-state index in [0.717, 1.165) is 120 Å². The molecule has 119 heavy (non-hydrogen) atoms. The van der Waals surface area contributed by atoms with Crippen LogP contribution in [0.25, 0.3) is 33.4 Å². The lowest BCUT2D eigenvalue weighted by Crippen LogP contribution is -2.50. The Kier molecular flexibility index (Phi) is 20.5. The smallest absolute Gasteiger partial charge is 0.123 e. The van der Waals surface area contributed by atoms with E-state index in [1.165, 1.54) is 113 Å². The summed E-state index contributed by atoms with van der Waals surface area (Å²) in [6, 6.07) is 52.7. The molecule has 1 saturated heterocycles. The van der Waals surface area contributed by atoms with Crippen molar-refractivity contribution in [3.05, 3.63) is 436 Å². The van der Waals surface area contributed by atoms with Crippen LogP contribution in [-0.4, -0.2) is 27.5 Å². The van der Waals surface area contributed by atoms with Gasteiger partial charge in [-0.05, 0) is 307 Å². The number of thioether (sulfide) groups is 1. The summed E-state index contributed by atoms with van der Waals surface area (Å²) in [4.78, 5) is 5.66. The van der Waals surface area contributed by atoms with Crippen LogP contribution in [0, 0.1) is 59.1 Å². The average Bonchev–Trinajstić information content (AvgIpc) is 1.55. The molecule has 14 aliphatic carbocycles. The molecule has 594 valence electrons. The van der Waals surface area contributed by atoms with Crippen LogP contribution in [-0.2, 0) is 10.8 Å². The highest BCUT2D eigenvalue weighted by atomic mass is 32.2. The number of rotatable bonds is 18. The Labute approximate surface area is 709 Å². The maximum absolute atomic E-state index is 15.7. The van der Waals surface area contributed by atoms with E-state index in [1.54, 1.807) is 29.4 Å². The van der Waals surface area contributed by atoms with Crippen molar-refractivity contribution in [1.29, 1.82) is 0 Å². The van der Waals surface area contributed by atoms with E-state index in [4.69, 9.17) is 0 Å². The highest BCUT2D eigenvalue weighted by Crippen LogP contribution is 2.65. The summed E-state index contributed by atoms with van der Waals surface area (Å²) in [7, 11) is 0. The molecule has 15 unspecified atom stereocenters. The van der Waals surface area contributed by atoms with Gasteiger partial charge in [0.15, 0.2) is 0 Å². The monoisotopic (exact) mass is 1570 g/mol. The van der Waals surface area contributed by atoms with Gasteiger partial charge in [0, 0.05) is 68.5 Å². The molecule has 1 fully saturated rings. The van der Waals surface area contributed by atoms with Crippen LogP contribution in [0.4, 0.5) is 14.5 Å². The minimum atomic E-state index is -0.753. The third-order valence-corrected chi connectivity index (χ3v) is 31.9. The number of nitrogens with zero attached hydrogens (tertiary/aromatic N) is 2. The SMILES string of the molecule is C=CC1=CC=C(c2ccc(C3(c4ccc(F)cc4)c4ccccc4-c4ccc(N(C5=CCC(C6=CCCC(C7C=CC=CC7)C6)C=C5)C5=CC6C(CC5)SC5C=CC(N(C7C=CC8C9=C(CCC=C9)C(c9ccc(C%10=CCC(C=C)C=C%10)cc9)(C9C=CC(F)=CC9)C8C7)C7CC=C(c8cccc(C9=CCCC=C9)c8)CC7)=CC56)cc43)cc2)CC1. The van der Waals surface area contributed by atoms with E-state index in [9.17, 15) is 0 Å². The molecule has 0 aromatic heterocycles. The molecule has 2 nitrogen and oxygen atoms in total. The molecule has 6 aromatic carbocycles. The van der Waals surface area contributed by atoms with Crippen molar-refractivity contribution < 1.29 is 8.78 Å². The molecule has 5 heteroatoms. The van der Waals surface area contributed by atoms with Crippen LogP contribution in [0.2, 0.25) is 0 Å². The summed E-state index contributed by atoms with van der Waals surface area (Å²) in [6.07, 6.45) is 91.2. The summed E-state index contributed by atoms with van der Waals surface area (Å²) in [5, 5.41) is 0.796. The summed E-state index contributed by atoms with van der Waals surface area (Å²) in [6.45, 7) is 8.20. The van der Waals surface area contributed by atoms with Crippen molar-refractivity contribution in [2.24, 2.45) is 53.3 Å². The first-order valence-corrected chi connectivity index (χ1v) is 45.9. The van der Waals surface area contributed by atoms with Crippen molar-refractivity contribution >= 4 is 39.7 Å². The molecular weight excluding hydrogens is 1470 g/mol. The fraction of sp³-hybridized carbons (Fsp3) is 0.298. The lowest BCUT2D eigenvalue weighted by molar-refractivity contribution is 0.131. The van der Waals surface area contributed by atoms with E-state index < -0.39 is 5.41 Å². The summed E-state index contributed by atoms with van der Waals surface area (Å²) < 4.78 is 31.3. The standard InChI is InChI=1S/C114H108F2N2S/c1-3-75-29-33-79(34-30-75)81-37-45-89(46-38-81)113(91-49-53-93(115)54-50-91)107-27-13-11-25-101(107)103-65-61-99(73-109(103)113)117(95-57-41-83(42-58-95)87-23-15-21-85(69-87)77-17-7-5-8-18-77)97-63-67-111-105(71-97)106-72-98(64-68-112(106)119-111)118(96-59-43-84(44-60-96)88-24-16-22-86(70-88)78-19-9-6-10-20-78)100-62-66-104-102-26-12-14-28-108(102)114(110(104)74-100,92-51-55-94(116)56-52-92)90-47-39-82(40-48-90)80-35-31-76(4-2)32-36-80/h3-5,7-9,11-13,16-17,19-20,22-27,29,31,33,35-41,43,45-51,53-58,61-62,64-66,68,70-73,76-77,83,85,92,96,100,104-106,110-112H,1-2,6,10,14-15,18,21,28,30,32,34,42,44,52,59-60,63,67,69,74H2. The van der Waals surface area contributed by atoms with Gasteiger partial charge >= 0.3 is 0 Å². The van der Waals surface area contributed by atoms with Crippen LogP contribution in [0.3, 0.4) is 0 Å². The average molecular weight is 1580 g/mol. The topological polar surface area (TPSA) is 6.48 Å². The van der Waals surface area contributed by atoms with Gasteiger partial charge in [-0.15, -0.1) is 18.3 Å². The van der Waals surface area contributed by atoms with Crippen molar-refractivity contribution in [2.45, 2.75) is 155 Å². The van der Waals surface area contributed by atoms with Gasteiger partial charge in [-0.2, -0.15) is 0 Å². The predicted octanol–water partition coefficient (Wildman–Crippen LogP) is 28.9. The van der Waals surface area contributed by atoms with E-state index >= 15 is 8.78 Å². The van der Waals surface area contributed by atoms with E-state index in [-0.39, 0.29) is 58.7 Å². The van der Waals surface area contributed by atoms with Gasteiger partial charge in [-0.25, -0.2) is 8.78 Å². The van der Waals surface area contributed by atoms with Crippen LogP contribution in [0.5, 0.6) is 0 Å². The van der Waals surface area contributed by atoms with Crippen LogP contribution >= 0.6 is 11.8 Å². The Hall–Kier alpha value is -10.6. The normalized spacial score (nSPS) is 30.5. The first kappa shape index (κ1) is 75.9. The largest absolute Gasteiger partial charge is 0.362 e. The fourth-order valence-corrected chi connectivity index (χ4v) is 26.1. The van der Waals surface area contributed by atoms with Crippen molar-refractivity contribution in [3.63, 3.8) is 0 Å². The predicted molar refractivity (Wildman–Crippen MR) is 496 cm³/mol. The number of hydrogen-bond acceptors (Lipinski definition) is 3. The molecule has 0 radical (unpaired) electrons. The lowest BCUT2D eigenvalue weighted by atomic mass is 9.55. The quantitative estimate of drug-likeness (QED) is 0.0791. The third-order valence-electron chi connectivity index (χ3n) is 30.2. The van der Waals surface area contributed by atoms with Crippen molar-refractivity contribution in [3.8, 4) is 11.1 Å². The molecule has 6 aromatic rings. The fourth-order valence-electron chi connectivity index (χ4n) is 24.4. The van der Waals surface area contributed by atoms with Crippen LogP contribution < -0.4 is 4.90 Å². The Balaban J connectivity index is 0.673. The minimum absolute atomic E-state index is 0.0916. The second kappa shape index (κ2) is 32.2. The highest BCUT2D eigenvalue weighted by molar-refractivity contribution is 8.01. The van der Waals surface area contributed by atoms with Crippen LogP contribution in [0.1, 0.15) is 172 Å². The molecule has 21 rings (SSSR count). The van der Waals surface area contributed by atoms with Crippen molar-refractivity contribution in [1.82, 2.24) is 4.90 Å². The summed E-state index contributed by atoms with van der Waals surface area (Å²) in [5.74, 6) is 2.75. The molecule has 1 aliphatic heterocycles. The van der Waals surface area contributed by atoms with Crippen molar-refractivity contribution in [2.75, 3.05) is 4.90 Å². The Bertz CT molecular complexity index is 5740. The van der Waals surface area contributed by atoms with Gasteiger partial charge in [0.1, 0.15) is 11.6 Å². The summed E-state index contributed by atoms with van der Waals surface area (Å²) in [5.41, 5.74) is 29.0. The number of allylic oxidation sites excluding steroid dienone is 37. The number of halogens is 2. The number of anilines is 1. The van der Waals surface area contributed by atoms with Gasteiger partial charge in [0.05, 0.1) is 5.41 Å². The molecule has 15 aliphatic rings. The molecule has 0 bridgehead atoms. The lowest BCUT2D eigenvalue weighted by Gasteiger charge is -2.50. The molecule has 1 heterocycles. The third kappa shape index (κ3) is 13.7. The molecule has 0 saturated carbocycles. The zero-order valence-corrected chi connectivity index (χ0v) is 69.3. The first-order chi connectivity index (χ1) is 58.6. The zero-order chi connectivity index (χ0) is 79.7. The molecule has 0 amide bonds. The Morgan fingerprint density at radius 1 is 0.521 bits per heavy atom.